The van der Waals surface area contributed by atoms with Crippen LogP contribution < -0.4 is 21.9 Å². The second-order valence-corrected chi connectivity index (χ2v) is 5.13. The average molecular weight is 317 g/mol. The third-order valence-corrected chi connectivity index (χ3v) is 3.40. The summed E-state index contributed by atoms with van der Waals surface area (Å²) < 4.78 is 1.87. The maximum atomic E-state index is 12.1. The molecule has 4 heteroatoms. The number of ketones is 1. The molecule has 0 radical (unpaired) electrons. The Balaban J connectivity index is 0.00000242. The summed E-state index contributed by atoms with van der Waals surface area (Å²) in [5, 5.41) is 0. The van der Waals surface area contributed by atoms with E-state index in [-0.39, 0.29) is 18.2 Å². The van der Waals surface area contributed by atoms with Gasteiger partial charge in [0.25, 0.3) is 0 Å². The topological polar surface area (TPSA) is 24.2 Å². The van der Waals surface area contributed by atoms with E-state index in [2.05, 4.69) is 6.92 Å². The second-order valence-electron chi connectivity index (χ2n) is 5.13. The van der Waals surface area contributed by atoms with Crippen molar-refractivity contribution < 1.29 is 21.8 Å². The summed E-state index contributed by atoms with van der Waals surface area (Å²) in [7, 11) is 4.00. The summed E-state index contributed by atoms with van der Waals surface area (Å²) in [6, 6.07) is 11.8. The number of hydrogen-bond donors (Lipinski definition) is 0. The number of halogens is 1. The summed E-state index contributed by atoms with van der Waals surface area (Å²) in [4.78, 5) is 14.1. The molecule has 0 unspecified atom stereocenters. The first-order valence-corrected chi connectivity index (χ1v) is 7.09. The SMILES string of the molecule is CCc1ccc(C(=O)C=C[n+]2ccc(N(C)C)cc2)cc1.[Cl-]. The van der Waals surface area contributed by atoms with E-state index >= 15 is 0 Å². The zero-order valence-corrected chi connectivity index (χ0v) is 13.9. The third-order valence-electron chi connectivity index (χ3n) is 3.40. The van der Waals surface area contributed by atoms with Crippen molar-refractivity contribution in [2.24, 2.45) is 0 Å². The molecule has 0 aliphatic rings. The van der Waals surface area contributed by atoms with E-state index in [0.29, 0.717) is 5.56 Å². The van der Waals surface area contributed by atoms with E-state index in [4.69, 9.17) is 0 Å². The molecule has 116 valence electrons. The highest BCUT2D eigenvalue weighted by Crippen LogP contribution is 2.07. The van der Waals surface area contributed by atoms with Gasteiger partial charge in [0.1, 0.15) is 0 Å². The average Bonchev–Trinajstić information content (AvgIpc) is 2.53. The van der Waals surface area contributed by atoms with Gasteiger partial charge in [-0.25, -0.2) is 0 Å². The van der Waals surface area contributed by atoms with Crippen molar-refractivity contribution in [1.82, 2.24) is 0 Å². The van der Waals surface area contributed by atoms with E-state index in [9.17, 15) is 4.79 Å². The fraction of sp³-hybridized carbons (Fsp3) is 0.222. The fourth-order valence-electron chi connectivity index (χ4n) is 1.98. The van der Waals surface area contributed by atoms with Gasteiger partial charge in [0.2, 0.25) is 0 Å². The Kier molecular flexibility index (Phi) is 6.80. The molecule has 3 nitrogen and oxygen atoms in total. The third kappa shape index (κ3) is 4.71. The summed E-state index contributed by atoms with van der Waals surface area (Å²) in [6.45, 7) is 2.10. The van der Waals surface area contributed by atoms with Gasteiger partial charge in [-0.15, -0.1) is 0 Å². The molecule has 1 aromatic carbocycles. The summed E-state index contributed by atoms with van der Waals surface area (Å²) in [5.41, 5.74) is 3.08. The van der Waals surface area contributed by atoms with Crippen molar-refractivity contribution in [3.8, 4) is 0 Å². The molecule has 1 aromatic heterocycles. The highest BCUT2D eigenvalue weighted by atomic mass is 35.5. The first-order valence-electron chi connectivity index (χ1n) is 7.09. The van der Waals surface area contributed by atoms with E-state index in [0.717, 1.165) is 12.1 Å². The molecule has 0 atom stereocenters. The van der Waals surface area contributed by atoms with Crippen LogP contribution in [0.1, 0.15) is 22.8 Å². The number of carbonyl (C=O) groups excluding carboxylic acids is 1. The lowest BCUT2D eigenvalue weighted by Gasteiger charge is -2.09. The maximum absolute atomic E-state index is 12.1. The Morgan fingerprint density at radius 2 is 1.68 bits per heavy atom. The van der Waals surface area contributed by atoms with Crippen LogP contribution >= 0.6 is 0 Å². The van der Waals surface area contributed by atoms with Gasteiger partial charge in [-0.2, -0.15) is 4.57 Å². The van der Waals surface area contributed by atoms with E-state index in [1.54, 1.807) is 12.3 Å². The Bertz CT molecular complexity index is 631. The Morgan fingerprint density at radius 1 is 1.09 bits per heavy atom. The Hall–Kier alpha value is -2.13. The molecule has 0 bridgehead atoms. The number of aromatic nitrogens is 1. The number of benzene rings is 1. The number of carbonyl (C=O) groups is 1. The van der Waals surface area contributed by atoms with Gasteiger partial charge in [-0.05, 0) is 12.0 Å². The lowest BCUT2D eigenvalue weighted by atomic mass is 10.1. The monoisotopic (exact) mass is 316 g/mol. The highest BCUT2D eigenvalue weighted by molar-refractivity contribution is 6.05. The van der Waals surface area contributed by atoms with Crippen molar-refractivity contribution in [1.29, 1.82) is 0 Å². The Labute approximate surface area is 138 Å². The molecule has 0 fully saturated rings. The van der Waals surface area contributed by atoms with Crippen molar-refractivity contribution in [2.45, 2.75) is 13.3 Å². The molecule has 0 aliphatic heterocycles. The molecule has 0 amide bonds. The summed E-state index contributed by atoms with van der Waals surface area (Å²) in [6.07, 6.45) is 8.21. The smallest absolute Gasteiger partial charge is 0.191 e. The zero-order valence-electron chi connectivity index (χ0n) is 13.2. The fourth-order valence-corrected chi connectivity index (χ4v) is 1.98. The van der Waals surface area contributed by atoms with Crippen molar-refractivity contribution in [2.75, 3.05) is 19.0 Å². The van der Waals surface area contributed by atoms with E-state index in [1.165, 1.54) is 5.56 Å². The van der Waals surface area contributed by atoms with Crippen LogP contribution in [0.2, 0.25) is 0 Å². The Morgan fingerprint density at radius 3 is 2.18 bits per heavy atom. The van der Waals surface area contributed by atoms with Crippen LogP contribution in [0.4, 0.5) is 5.69 Å². The molecule has 0 spiro atoms. The van der Waals surface area contributed by atoms with E-state index in [1.807, 2.05) is 72.4 Å². The molecule has 0 aliphatic carbocycles. The first-order chi connectivity index (χ1) is 10.1. The van der Waals surface area contributed by atoms with Crippen molar-refractivity contribution in [3.05, 3.63) is 66.0 Å². The van der Waals surface area contributed by atoms with E-state index < -0.39 is 0 Å². The van der Waals surface area contributed by atoms with Gasteiger partial charge in [0.15, 0.2) is 24.4 Å². The molecule has 0 saturated heterocycles. The minimum atomic E-state index is 0. The number of hydrogen-bond acceptors (Lipinski definition) is 2. The number of allylic oxidation sites excluding steroid dienone is 1. The largest absolute Gasteiger partial charge is 1.00 e. The molecule has 0 saturated carbocycles. The molecule has 1 heterocycles. The number of rotatable bonds is 5. The molecular weight excluding hydrogens is 296 g/mol. The zero-order chi connectivity index (χ0) is 15.2. The predicted molar refractivity (Wildman–Crippen MR) is 86.4 cm³/mol. The minimum absolute atomic E-state index is 0. The van der Waals surface area contributed by atoms with Gasteiger partial charge in [-0.3, -0.25) is 4.79 Å². The minimum Gasteiger partial charge on any atom is -1.00 e. The standard InChI is InChI=1S/C18H21N2O.ClH/c1-4-15-5-7-16(8-6-15)18(21)11-14-20-12-9-17(10-13-20)19(2)3;/h5-14H,4H2,1-3H3;1H/q+1;/p-1. The molecule has 2 rings (SSSR count). The number of nitrogens with zero attached hydrogens (tertiary/aromatic N) is 2. The van der Waals surface area contributed by atoms with Crippen LogP contribution in [0, 0.1) is 0 Å². The van der Waals surface area contributed by atoms with Gasteiger partial charge < -0.3 is 17.3 Å². The number of aryl methyl sites for hydroxylation is 1. The molecule has 0 N–H and O–H groups in total. The van der Waals surface area contributed by atoms with Gasteiger partial charge in [0, 0.05) is 37.5 Å². The normalized spacial score (nSPS) is 10.3. The van der Waals surface area contributed by atoms with Crippen LogP contribution in [0.15, 0.2) is 54.9 Å². The molecular formula is C18H21ClN2O. The number of anilines is 1. The quantitative estimate of drug-likeness (QED) is 0.439. The second kappa shape index (κ2) is 8.35. The van der Waals surface area contributed by atoms with Gasteiger partial charge in [-0.1, -0.05) is 31.2 Å². The van der Waals surface area contributed by atoms with Gasteiger partial charge in [0.05, 0.1) is 6.08 Å². The maximum Gasteiger partial charge on any atom is 0.191 e. The van der Waals surface area contributed by atoms with Crippen LogP contribution in [0.5, 0.6) is 0 Å². The summed E-state index contributed by atoms with van der Waals surface area (Å²) in [5.74, 6) is 0.0156. The van der Waals surface area contributed by atoms with Crippen molar-refractivity contribution in [3.63, 3.8) is 0 Å². The van der Waals surface area contributed by atoms with Gasteiger partial charge >= 0.3 is 0 Å². The van der Waals surface area contributed by atoms with Crippen LogP contribution in [0.25, 0.3) is 6.20 Å². The lowest BCUT2D eigenvalue weighted by Crippen LogP contribution is -3.00. The van der Waals surface area contributed by atoms with Crippen LogP contribution in [0.3, 0.4) is 0 Å². The lowest BCUT2D eigenvalue weighted by molar-refractivity contribution is -0.568. The van der Waals surface area contributed by atoms with Crippen LogP contribution in [-0.2, 0) is 6.42 Å². The molecule has 22 heavy (non-hydrogen) atoms. The van der Waals surface area contributed by atoms with Crippen LogP contribution in [-0.4, -0.2) is 19.9 Å². The summed E-state index contributed by atoms with van der Waals surface area (Å²) >= 11 is 0. The highest BCUT2D eigenvalue weighted by Gasteiger charge is 2.04. The van der Waals surface area contributed by atoms with Crippen molar-refractivity contribution >= 4 is 17.7 Å². The number of pyridine rings is 1. The predicted octanol–water partition coefficient (Wildman–Crippen LogP) is -0.0399. The first kappa shape index (κ1) is 17.9. The molecule has 2 aromatic rings.